The monoisotopic (exact) mass is 544 g/mol. The number of amides is 2. The molecule has 0 spiro atoms. The second-order valence-corrected chi connectivity index (χ2v) is 10.3. The molecule has 0 saturated carbocycles. The fourth-order valence-electron chi connectivity index (χ4n) is 6.07. The van der Waals surface area contributed by atoms with Crippen molar-refractivity contribution in [3.63, 3.8) is 0 Å². The molecule has 2 amide bonds. The number of aromatic hydroxyl groups is 1. The van der Waals surface area contributed by atoms with Crippen LogP contribution >= 0.6 is 0 Å². The first-order chi connectivity index (χ1) is 18.2. The maximum absolute atomic E-state index is 13.9. The Bertz CT molecular complexity index is 1360. The van der Waals surface area contributed by atoms with Gasteiger partial charge in [0.1, 0.15) is 17.1 Å². The van der Waals surface area contributed by atoms with Gasteiger partial charge >= 0.3 is 6.09 Å². The number of hydrogen-bond donors (Lipinski definition) is 6. The second-order valence-electron chi connectivity index (χ2n) is 10.3. The first kappa shape index (κ1) is 27.9. The molecule has 0 radical (unpaired) electrons. The lowest BCUT2D eigenvalue weighted by Crippen LogP contribution is -2.63. The number of nitrogens with one attached hydrogen (secondary N) is 1. The fraction of sp³-hybridized carbons (Fsp3) is 0.462. The largest absolute Gasteiger partial charge is 0.510 e. The number of anilines is 2. The number of ether oxygens (including phenoxy) is 1. The Balaban J connectivity index is 1.95. The van der Waals surface area contributed by atoms with Crippen LogP contribution in [0, 0.1) is 11.8 Å². The summed E-state index contributed by atoms with van der Waals surface area (Å²) >= 11 is 0. The molecular formula is C26H32N4O9. The van der Waals surface area contributed by atoms with Gasteiger partial charge in [0.2, 0.25) is 5.78 Å². The van der Waals surface area contributed by atoms with Crippen LogP contribution in [0.1, 0.15) is 29.3 Å². The van der Waals surface area contributed by atoms with Crippen LogP contribution in [0.2, 0.25) is 0 Å². The summed E-state index contributed by atoms with van der Waals surface area (Å²) in [5.74, 6) is -7.45. The Kier molecular flexibility index (Phi) is 6.86. The van der Waals surface area contributed by atoms with E-state index in [0.717, 1.165) is 0 Å². The summed E-state index contributed by atoms with van der Waals surface area (Å²) in [5.41, 5.74) is 2.07. The number of carbonyl (C=O) groups is 4. The van der Waals surface area contributed by atoms with Gasteiger partial charge in [-0.2, -0.15) is 0 Å². The SMILES string of the molecule is CCOC(=O)Nc1cc(N(C)C)c2c(c1O)C(=O)C1=C(O)[C@]3(O)C(=O)C(C(N)=O)=C(O)[C@@H](N(C)C)[C@@H]3C[C@H]1C2. The molecular weight excluding hydrogens is 512 g/mol. The van der Waals surface area contributed by atoms with Gasteiger partial charge in [-0.05, 0) is 51.4 Å². The number of ketones is 2. The van der Waals surface area contributed by atoms with E-state index < -0.39 is 69.9 Å². The molecule has 13 nitrogen and oxygen atoms in total. The van der Waals surface area contributed by atoms with E-state index in [1.54, 1.807) is 40.0 Å². The number of Topliss-reactive ketones (excluding diaryl/α,β-unsaturated/α-hetero) is 2. The van der Waals surface area contributed by atoms with Crippen LogP contribution in [0.4, 0.5) is 16.2 Å². The number of carbonyl (C=O) groups excluding carboxylic acids is 4. The lowest BCUT2D eigenvalue weighted by Gasteiger charge is -2.50. The Morgan fingerprint density at radius 2 is 1.82 bits per heavy atom. The zero-order chi connectivity index (χ0) is 29.1. The smallest absolute Gasteiger partial charge is 0.411 e. The Morgan fingerprint density at radius 3 is 2.36 bits per heavy atom. The summed E-state index contributed by atoms with van der Waals surface area (Å²) in [6.07, 6.45) is -0.763. The minimum atomic E-state index is -2.73. The minimum absolute atomic E-state index is 0.0256. The van der Waals surface area contributed by atoms with E-state index >= 15 is 0 Å². The molecule has 3 aliphatic carbocycles. The van der Waals surface area contributed by atoms with E-state index in [9.17, 15) is 39.6 Å². The third-order valence-corrected chi connectivity index (χ3v) is 7.69. The first-order valence-corrected chi connectivity index (χ1v) is 12.3. The van der Waals surface area contributed by atoms with Crippen molar-refractivity contribution >= 4 is 34.9 Å². The highest BCUT2D eigenvalue weighted by Gasteiger charge is 2.63. The predicted octanol–water partition coefficient (Wildman–Crippen LogP) is 0.755. The van der Waals surface area contributed by atoms with E-state index in [-0.39, 0.29) is 36.3 Å². The summed E-state index contributed by atoms with van der Waals surface area (Å²) in [7, 11) is 6.55. The van der Waals surface area contributed by atoms with Crippen LogP contribution in [-0.4, -0.2) is 95.3 Å². The average molecular weight is 545 g/mol. The van der Waals surface area contributed by atoms with Gasteiger partial charge in [-0.3, -0.25) is 24.6 Å². The van der Waals surface area contributed by atoms with E-state index in [4.69, 9.17) is 10.5 Å². The Hall–Kier alpha value is -4.10. The first-order valence-electron chi connectivity index (χ1n) is 12.3. The summed E-state index contributed by atoms with van der Waals surface area (Å²) in [6.45, 7) is 1.67. The number of nitrogens with two attached hydrogens (primary N) is 1. The number of aliphatic hydroxyl groups excluding tert-OH is 2. The van der Waals surface area contributed by atoms with Gasteiger partial charge in [-0.15, -0.1) is 0 Å². The molecule has 4 atom stereocenters. The highest BCUT2D eigenvalue weighted by atomic mass is 16.5. The highest BCUT2D eigenvalue weighted by Crippen LogP contribution is 2.53. The number of fused-ring (bicyclic) bond motifs is 3. The molecule has 0 bridgehead atoms. The number of phenolic OH excluding ortho intramolecular Hbond substituents is 1. The van der Waals surface area contributed by atoms with Gasteiger partial charge in [-0.1, -0.05) is 0 Å². The van der Waals surface area contributed by atoms with Crippen molar-refractivity contribution in [2.75, 3.05) is 45.0 Å². The van der Waals surface area contributed by atoms with Gasteiger partial charge in [0.05, 0.1) is 23.9 Å². The summed E-state index contributed by atoms with van der Waals surface area (Å²) in [4.78, 5) is 54.6. The molecule has 1 aromatic carbocycles. The molecule has 39 heavy (non-hydrogen) atoms. The maximum atomic E-state index is 13.9. The number of nitrogens with zero attached hydrogens (tertiary/aromatic N) is 2. The van der Waals surface area contributed by atoms with E-state index in [2.05, 4.69) is 5.32 Å². The van der Waals surface area contributed by atoms with Crippen molar-refractivity contribution in [3.05, 3.63) is 39.9 Å². The number of hydrogen-bond acceptors (Lipinski definition) is 11. The summed E-state index contributed by atoms with van der Waals surface area (Å²) in [5, 5.41) is 47.4. The summed E-state index contributed by atoms with van der Waals surface area (Å²) in [6, 6.07) is 0.417. The van der Waals surface area contributed by atoms with Crippen LogP contribution in [0.5, 0.6) is 5.75 Å². The van der Waals surface area contributed by atoms with Gasteiger partial charge in [-0.25, -0.2) is 4.79 Å². The van der Waals surface area contributed by atoms with Crippen molar-refractivity contribution in [1.82, 2.24) is 4.90 Å². The topological polar surface area (TPSA) is 203 Å². The van der Waals surface area contributed by atoms with E-state index in [1.165, 1.54) is 11.0 Å². The molecule has 0 unspecified atom stereocenters. The number of primary amides is 1. The number of likely N-dealkylation sites (N-methyl/N-ethyl adjacent to an activating group) is 1. The Labute approximate surface area is 224 Å². The third kappa shape index (κ3) is 4.00. The summed E-state index contributed by atoms with van der Waals surface area (Å²) < 4.78 is 4.88. The molecule has 1 aromatic rings. The molecule has 0 fully saturated rings. The predicted molar refractivity (Wildman–Crippen MR) is 139 cm³/mol. The van der Waals surface area contributed by atoms with Crippen molar-refractivity contribution in [2.24, 2.45) is 17.6 Å². The lowest BCUT2D eigenvalue weighted by molar-refractivity contribution is -0.148. The van der Waals surface area contributed by atoms with Gasteiger partial charge in [0.15, 0.2) is 17.1 Å². The molecule has 4 rings (SSSR count). The minimum Gasteiger partial charge on any atom is -0.510 e. The molecule has 0 aromatic heterocycles. The van der Waals surface area contributed by atoms with E-state index in [1.807, 2.05) is 0 Å². The molecule has 7 N–H and O–H groups in total. The van der Waals surface area contributed by atoms with E-state index in [0.29, 0.717) is 11.3 Å². The van der Waals surface area contributed by atoms with Crippen LogP contribution in [0.25, 0.3) is 0 Å². The Morgan fingerprint density at radius 1 is 1.18 bits per heavy atom. The quantitative estimate of drug-likeness (QED) is 0.225. The van der Waals surface area contributed by atoms with Crippen molar-refractivity contribution in [3.8, 4) is 5.75 Å². The van der Waals surface area contributed by atoms with Crippen LogP contribution < -0.4 is 16.0 Å². The number of allylic oxidation sites excluding steroid dienone is 1. The zero-order valence-electron chi connectivity index (χ0n) is 22.2. The fourth-order valence-corrected chi connectivity index (χ4v) is 6.07. The van der Waals surface area contributed by atoms with Crippen LogP contribution in [0.3, 0.4) is 0 Å². The molecule has 13 heteroatoms. The number of rotatable bonds is 5. The molecule has 210 valence electrons. The number of aliphatic hydroxyl groups is 3. The number of phenols is 1. The van der Waals surface area contributed by atoms with Gasteiger partial charge < -0.3 is 35.8 Å². The van der Waals surface area contributed by atoms with Gasteiger partial charge in [0, 0.05) is 31.3 Å². The highest BCUT2D eigenvalue weighted by molar-refractivity contribution is 6.25. The van der Waals surface area contributed by atoms with Crippen LogP contribution in [0.15, 0.2) is 28.7 Å². The number of benzene rings is 1. The lowest BCUT2D eigenvalue weighted by atomic mass is 9.58. The van der Waals surface area contributed by atoms with Crippen molar-refractivity contribution in [1.29, 1.82) is 0 Å². The molecule has 3 aliphatic rings. The van der Waals surface area contributed by atoms with Crippen LogP contribution in [-0.2, 0) is 20.7 Å². The second kappa shape index (κ2) is 9.58. The zero-order valence-corrected chi connectivity index (χ0v) is 22.2. The molecule has 0 saturated heterocycles. The van der Waals surface area contributed by atoms with Gasteiger partial charge in [0.25, 0.3) is 5.91 Å². The van der Waals surface area contributed by atoms with Crippen molar-refractivity contribution in [2.45, 2.75) is 31.4 Å². The third-order valence-electron chi connectivity index (χ3n) is 7.69. The van der Waals surface area contributed by atoms with Crippen molar-refractivity contribution < 1.29 is 44.3 Å². The average Bonchev–Trinajstić information content (AvgIpc) is 2.82. The molecule has 0 aliphatic heterocycles. The normalized spacial score (nSPS) is 26.2. The maximum Gasteiger partial charge on any atom is 0.411 e. The standard InChI is InChI=1S/C26H32N4O9/c1-6-39-25(37)28-13-9-14(29(2)3)11-7-10-8-12-18(30(4)5)21(33)17(24(27)36)23(35)26(12,38)22(34)15(10)20(32)16(11)19(13)31/h9-10,12,18,31,33-34,38H,6-8H2,1-5H3,(H2,27,36)(H,28,37)/t10-,12+,18+,26+/m1/s1. The molecule has 0 heterocycles.